The second kappa shape index (κ2) is 5.43. The van der Waals surface area contributed by atoms with Crippen molar-refractivity contribution in [2.45, 2.75) is 19.5 Å². The van der Waals surface area contributed by atoms with Crippen LogP contribution in [-0.4, -0.2) is 26.5 Å². The van der Waals surface area contributed by atoms with E-state index in [4.69, 9.17) is 0 Å². The molecule has 0 aliphatic rings. The first-order valence-corrected chi connectivity index (χ1v) is 8.19. The van der Waals surface area contributed by atoms with Crippen molar-refractivity contribution >= 4 is 37.1 Å². The maximum absolute atomic E-state index is 11.0. The molecule has 1 aromatic heterocycles. The molecule has 0 spiro atoms. The molecule has 0 aliphatic carbocycles. The molecule has 1 atom stereocenters. The Labute approximate surface area is 103 Å². The van der Waals surface area contributed by atoms with E-state index in [1.807, 2.05) is 19.1 Å². The van der Waals surface area contributed by atoms with E-state index in [0.29, 0.717) is 6.54 Å². The molecule has 3 nitrogen and oxygen atoms in total. The zero-order chi connectivity index (χ0) is 11.5. The molecule has 1 unspecified atom stereocenters. The monoisotopic (exact) mass is 311 g/mol. The van der Waals surface area contributed by atoms with Crippen molar-refractivity contribution < 1.29 is 8.42 Å². The number of hydrogen-bond donors (Lipinski definition) is 1. The fourth-order valence-corrected chi connectivity index (χ4v) is 3.69. The molecule has 1 rings (SSSR count). The molecule has 0 radical (unpaired) electrons. The molecule has 0 fully saturated rings. The van der Waals surface area contributed by atoms with Gasteiger partial charge in [0.25, 0.3) is 0 Å². The Kier molecular flexibility index (Phi) is 4.76. The molecule has 0 aliphatic heterocycles. The number of thiophene rings is 1. The van der Waals surface area contributed by atoms with Crippen molar-refractivity contribution in [2.75, 3.05) is 12.0 Å². The smallest absolute Gasteiger partial charge is 0.148 e. The maximum atomic E-state index is 11.0. The van der Waals surface area contributed by atoms with Gasteiger partial charge in [0.15, 0.2) is 0 Å². The first-order chi connectivity index (χ1) is 6.87. The van der Waals surface area contributed by atoms with E-state index in [1.54, 1.807) is 11.3 Å². The Morgan fingerprint density at radius 1 is 1.53 bits per heavy atom. The summed E-state index contributed by atoms with van der Waals surface area (Å²) >= 11 is 5.04. The van der Waals surface area contributed by atoms with Crippen LogP contribution in [0.15, 0.2) is 15.9 Å². The lowest BCUT2D eigenvalue weighted by atomic mass is 10.3. The molecule has 1 N–H and O–H groups in total. The quantitative estimate of drug-likeness (QED) is 0.905. The summed E-state index contributed by atoms with van der Waals surface area (Å²) in [6, 6.07) is 4.00. The van der Waals surface area contributed by atoms with Gasteiger partial charge in [-0.2, -0.15) is 0 Å². The Morgan fingerprint density at radius 2 is 2.20 bits per heavy atom. The normalized spacial score (nSPS) is 14.1. The first-order valence-electron chi connectivity index (χ1n) is 4.52. The zero-order valence-corrected chi connectivity index (χ0v) is 11.9. The van der Waals surface area contributed by atoms with Gasteiger partial charge in [-0.15, -0.1) is 11.3 Å². The number of halogens is 1. The SMILES string of the molecule is CC(CS(C)(=O)=O)NCc1ccc(Br)s1. The minimum atomic E-state index is -2.89. The molecule has 0 amide bonds. The second-order valence-corrected chi connectivity index (χ2v) is 8.31. The van der Waals surface area contributed by atoms with Crippen LogP contribution in [0.3, 0.4) is 0 Å². The minimum Gasteiger partial charge on any atom is -0.308 e. The summed E-state index contributed by atoms with van der Waals surface area (Å²) in [6.07, 6.45) is 1.26. The van der Waals surface area contributed by atoms with Crippen molar-refractivity contribution in [3.05, 3.63) is 20.8 Å². The van der Waals surface area contributed by atoms with Crippen molar-refractivity contribution in [3.8, 4) is 0 Å². The molecule has 0 saturated heterocycles. The summed E-state index contributed by atoms with van der Waals surface area (Å²) < 4.78 is 23.1. The highest BCUT2D eigenvalue weighted by Crippen LogP contribution is 2.21. The van der Waals surface area contributed by atoms with Crippen LogP contribution in [0, 0.1) is 0 Å². The Hall–Kier alpha value is 0.0900. The van der Waals surface area contributed by atoms with E-state index in [2.05, 4.69) is 21.2 Å². The first kappa shape index (κ1) is 13.2. The van der Waals surface area contributed by atoms with Crippen LogP contribution in [0.1, 0.15) is 11.8 Å². The molecule has 6 heteroatoms. The number of rotatable bonds is 5. The zero-order valence-electron chi connectivity index (χ0n) is 8.66. The lowest BCUT2D eigenvalue weighted by Crippen LogP contribution is -2.31. The van der Waals surface area contributed by atoms with Gasteiger partial charge in [0.2, 0.25) is 0 Å². The molecule has 86 valence electrons. The Morgan fingerprint density at radius 3 is 2.67 bits per heavy atom. The van der Waals surface area contributed by atoms with Gasteiger partial charge in [0.05, 0.1) is 9.54 Å². The lowest BCUT2D eigenvalue weighted by Gasteiger charge is -2.11. The summed E-state index contributed by atoms with van der Waals surface area (Å²) in [5.74, 6) is 0.180. The van der Waals surface area contributed by atoms with Crippen molar-refractivity contribution in [1.29, 1.82) is 0 Å². The Bertz CT molecular complexity index is 414. The molecular formula is C9H14BrNO2S2. The standard InChI is InChI=1S/C9H14BrNO2S2/c1-7(6-15(2,12)13)11-5-8-3-4-9(10)14-8/h3-4,7,11H,5-6H2,1-2H3. The molecule has 0 saturated carbocycles. The summed E-state index contributed by atoms with van der Waals surface area (Å²) in [5.41, 5.74) is 0. The predicted octanol–water partition coefficient (Wildman–Crippen LogP) is 2.03. The Balaban J connectivity index is 2.37. The van der Waals surface area contributed by atoms with Crippen LogP contribution in [0.5, 0.6) is 0 Å². The summed E-state index contributed by atoms with van der Waals surface area (Å²) in [7, 11) is -2.89. The molecule has 1 heterocycles. The molecule has 0 aromatic carbocycles. The second-order valence-electron chi connectivity index (χ2n) is 3.58. The molecule has 15 heavy (non-hydrogen) atoms. The van der Waals surface area contributed by atoms with Gasteiger partial charge in [-0.25, -0.2) is 8.42 Å². The van der Waals surface area contributed by atoms with Gasteiger partial charge in [0.1, 0.15) is 9.84 Å². The van der Waals surface area contributed by atoms with Gasteiger partial charge >= 0.3 is 0 Å². The fourth-order valence-electron chi connectivity index (χ4n) is 1.23. The van der Waals surface area contributed by atoms with E-state index in [-0.39, 0.29) is 11.8 Å². The third-order valence-electron chi connectivity index (χ3n) is 1.81. The van der Waals surface area contributed by atoms with Crippen molar-refractivity contribution in [2.24, 2.45) is 0 Å². The van der Waals surface area contributed by atoms with Crippen LogP contribution in [-0.2, 0) is 16.4 Å². The van der Waals surface area contributed by atoms with Gasteiger partial charge < -0.3 is 5.32 Å². The molecule has 1 aromatic rings. The summed E-state index contributed by atoms with van der Waals surface area (Å²) in [6.45, 7) is 2.59. The van der Waals surface area contributed by atoms with Gasteiger partial charge in [-0.05, 0) is 35.0 Å². The van der Waals surface area contributed by atoms with Crippen molar-refractivity contribution in [1.82, 2.24) is 5.32 Å². The third kappa shape index (κ3) is 5.65. The van der Waals surface area contributed by atoms with E-state index >= 15 is 0 Å². The third-order valence-corrected chi connectivity index (χ3v) is 4.54. The largest absolute Gasteiger partial charge is 0.308 e. The molecule has 0 bridgehead atoms. The van der Waals surface area contributed by atoms with Crippen LogP contribution in [0.2, 0.25) is 0 Å². The molecular weight excluding hydrogens is 298 g/mol. The van der Waals surface area contributed by atoms with Crippen LogP contribution < -0.4 is 5.32 Å². The van der Waals surface area contributed by atoms with Crippen LogP contribution >= 0.6 is 27.3 Å². The van der Waals surface area contributed by atoms with E-state index in [9.17, 15) is 8.42 Å². The van der Waals surface area contributed by atoms with Crippen LogP contribution in [0.25, 0.3) is 0 Å². The number of nitrogens with one attached hydrogen (secondary N) is 1. The van der Waals surface area contributed by atoms with E-state index < -0.39 is 9.84 Å². The lowest BCUT2D eigenvalue weighted by molar-refractivity contribution is 0.562. The maximum Gasteiger partial charge on any atom is 0.148 e. The average Bonchev–Trinajstić information content (AvgIpc) is 2.45. The van der Waals surface area contributed by atoms with E-state index in [1.165, 1.54) is 11.1 Å². The van der Waals surface area contributed by atoms with Gasteiger partial charge in [-0.1, -0.05) is 0 Å². The van der Waals surface area contributed by atoms with E-state index in [0.717, 1.165) is 3.79 Å². The van der Waals surface area contributed by atoms with Crippen molar-refractivity contribution in [3.63, 3.8) is 0 Å². The van der Waals surface area contributed by atoms with Crippen LogP contribution in [0.4, 0.5) is 0 Å². The average molecular weight is 312 g/mol. The highest BCUT2D eigenvalue weighted by atomic mass is 79.9. The number of sulfone groups is 1. The summed E-state index contributed by atoms with van der Waals surface area (Å²) in [4.78, 5) is 1.20. The number of hydrogen-bond acceptors (Lipinski definition) is 4. The highest BCUT2D eigenvalue weighted by molar-refractivity contribution is 9.11. The van der Waals surface area contributed by atoms with Gasteiger partial charge in [0, 0.05) is 23.7 Å². The topological polar surface area (TPSA) is 46.2 Å². The predicted molar refractivity (Wildman–Crippen MR) is 68.0 cm³/mol. The fraction of sp³-hybridized carbons (Fsp3) is 0.556. The van der Waals surface area contributed by atoms with Gasteiger partial charge in [-0.3, -0.25) is 0 Å². The summed E-state index contributed by atoms with van der Waals surface area (Å²) in [5, 5.41) is 3.18. The minimum absolute atomic E-state index is 0.0131. The highest BCUT2D eigenvalue weighted by Gasteiger charge is 2.09.